The quantitative estimate of drug-likeness (QED) is 0.546. The highest BCUT2D eigenvalue weighted by Gasteiger charge is 2.25. The Hall–Kier alpha value is -2.96. The average Bonchev–Trinajstić information content (AvgIpc) is 3.15. The molecule has 1 N–H and O–H groups in total. The van der Waals surface area contributed by atoms with E-state index in [-0.39, 0.29) is 5.56 Å². The minimum absolute atomic E-state index is 0.0998. The molecule has 0 atom stereocenters. The first-order valence-electron chi connectivity index (χ1n) is 10.7. The third-order valence-corrected chi connectivity index (χ3v) is 6.27. The van der Waals surface area contributed by atoms with Crippen LogP contribution in [0.1, 0.15) is 55.9 Å². The van der Waals surface area contributed by atoms with Crippen LogP contribution in [0.2, 0.25) is 0 Å². The monoisotopic (exact) mass is 427 g/mol. The maximum Gasteiger partial charge on any atom is 0.255 e. The van der Waals surface area contributed by atoms with E-state index in [1.54, 1.807) is 12.1 Å². The summed E-state index contributed by atoms with van der Waals surface area (Å²) in [5, 5.41) is 8.31. The molecule has 1 amide bonds. The molecule has 0 unspecified atom stereocenters. The van der Waals surface area contributed by atoms with Crippen LogP contribution in [0.3, 0.4) is 0 Å². The van der Waals surface area contributed by atoms with Gasteiger partial charge in [0.1, 0.15) is 17.4 Å². The number of hydrogen-bond donors (Lipinski definition) is 1. The van der Waals surface area contributed by atoms with Crippen LogP contribution in [0.25, 0.3) is 10.9 Å². The molecule has 3 aromatic rings. The molecule has 164 valence electrons. The zero-order valence-electron chi connectivity index (χ0n) is 18.0. The van der Waals surface area contributed by atoms with Crippen molar-refractivity contribution in [3.8, 4) is 5.75 Å². The van der Waals surface area contributed by atoms with Gasteiger partial charge in [0.15, 0.2) is 0 Å². The van der Waals surface area contributed by atoms with Gasteiger partial charge in [0, 0.05) is 29.3 Å². The van der Waals surface area contributed by atoms with Crippen LogP contribution in [-0.2, 0) is 0 Å². The van der Waals surface area contributed by atoms with Crippen LogP contribution < -0.4 is 10.1 Å². The van der Waals surface area contributed by atoms with Gasteiger partial charge in [0.25, 0.3) is 5.91 Å². The van der Waals surface area contributed by atoms with Gasteiger partial charge in [-0.2, -0.15) is 5.10 Å². The molecule has 7 heteroatoms. The van der Waals surface area contributed by atoms with Gasteiger partial charge in [0.2, 0.25) is 0 Å². The molecular weight excluding hydrogens is 400 g/mol. The maximum absolute atomic E-state index is 13.5. The number of halogens is 2. The Kier molecular flexibility index (Phi) is 5.94. The fourth-order valence-corrected chi connectivity index (χ4v) is 4.44. The number of rotatable bonds is 5. The van der Waals surface area contributed by atoms with Crippen molar-refractivity contribution < 1.29 is 18.3 Å². The van der Waals surface area contributed by atoms with E-state index in [1.807, 2.05) is 10.9 Å². The van der Waals surface area contributed by atoms with Crippen LogP contribution in [0, 0.1) is 23.5 Å². The Morgan fingerprint density at radius 1 is 1.10 bits per heavy atom. The normalized spacial score (nSPS) is 19.0. The number of benzene rings is 2. The van der Waals surface area contributed by atoms with E-state index in [0.717, 1.165) is 47.9 Å². The molecule has 1 saturated carbocycles. The van der Waals surface area contributed by atoms with Crippen LogP contribution >= 0.6 is 0 Å². The van der Waals surface area contributed by atoms with Crippen LogP contribution in [0.15, 0.2) is 36.5 Å². The van der Waals surface area contributed by atoms with Crippen molar-refractivity contribution in [3.63, 3.8) is 0 Å². The molecule has 0 saturated heterocycles. The second kappa shape index (κ2) is 8.65. The molecule has 0 spiro atoms. The number of nitrogens with zero attached hydrogens (tertiary/aromatic N) is 2. The highest BCUT2D eigenvalue weighted by atomic mass is 19.1. The summed E-state index contributed by atoms with van der Waals surface area (Å²) in [6.45, 7) is 4.57. The average molecular weight is 427 g/mol. The molecule has 5 nitrogen and oxygen atoms in total. The Morgan fingerprint density at radius 2 is 1.77 bits per heavy atom. The number of carbonyl (C=O) groups excluding carboxylic acids is 1. The first-order chi connectivity index (χ1) is 14.8. The molecule has 0 aliphatic heterocycles. The lowest BCUT2D eigenvalue weighted by Crippen LogP contribution is -2.21. The van der Waals surface area contributed by atoms with E-state index in [4.69, 9.17) is 9.84 Å². The maximum atomic E-state index is 13.5. The molecule has 2 aromatic carbocycles. The highest BCUT2D eigenvalue weighted by Crippen LogP contribution is 2.37. The summed E-state index contributed by atoms with van der Waals surface area (Å²) in [7, 11) is 1.50. The zero-order valence-corrected chi connectivity index (χ0v) is 18.0. The van der Waals surface area contributed by atoms with Crippen LogP contribution in [-0.4, -0.2) is 22.8 Å². The lowest BCUT2D eigenvalue weighted by molar-refractivity contribution is 0.102. The molecule has 31 heavy (non-hydrogen) atoms. The second-order valence-corrected chi connectivity index (χ2v) is 8.65. The first-order valence-corrected chi connectivity index (χ1v) is 10.7. The summed E-state index contributed by atoms with van der Waals surface area (Å²) in [5.41, 5.74) is 1.10. The van der Waals surface area contributed by atoms with E-state index in [1.165, 1.54) is 20.0 Å². The van der Waals surface area contributed by atoms with Crippen molar-refractivity contribution in [1.29, 1.82) is 0 Å². The van der Waals surface area contributed by atoms with Gasteiger partial charge in [-0.1, -0.05) is 13.8 Å². The number of methoxy groups -OCH3 is 1. The van der Waals surface area contributed by atoms with Crippen molar-refractivity contribution in [2.45, 2.75) is 45.6 Å². The summed E-state index contributed by atoms with van der Waals surface area (Å²) in [6.07, 6.45) is 6.60. The number of ether oxygens (including phenoxy) is 1. The molecular formula is C24H27F2N3O2. The fourth-order valence-electron chi connectivity index (χ4n) is 4.44. The summed E-state index contributed by atoms with van der Waals surface area (Å²) < 4.78 is 34.4. The van der Waals surface area contributed by atoms with Gasteiger partial charge < -0.3 is 10.1 Å². The molecule has 0 bridgehead atoms. The number of nitrogens with one attached hydrogen (secondary N) is 1. The number of anilines is 1. The lowest BCUT2D eigenvalue weighted by atomic mass is 9.80. The Labute approximate surface area is 180 Å². The number of amides is 1. The largest absolute Gasteiger partial charge is 0.494 e. The Morgan fingerprint density at radius 3 is 2.39 bits per heavy atom. The lowest BCUT2D eigenvalue weighted by Gasteiger charge is -2.30. The van der Waals surface area contributed by atoms with Gasteiger partial charge in [0.05, 0.1) is 24.4 Å². The number of carbonyl (C=O) groups is 1. The summed E-state index contributed by atoms with van der Waals surface area (Å²) in [5.74, 6) is -0.306. The van der Waals surface area contributed by atoms with E-state index >= 15 is 0 Å². The molecule has 0 radical (unpaired) electrons. The van der Waals surface area contributed by atoms with Gasteiger partial charge in [-0.25, -0.2) is 8.78 Å². The Bertz CT molecular complexity index is 1080. The van der Waals surface area contributed by atoms with Gasteiger partial charge in [-0.15, -0.1) is 0 Å². The predicted molar refractivity (Wildman–Crippen MR) is 116 cm³/mol. The van der Waals surface area contributed by atoms with E-state index in [9.17, 15) is 13.6 Å². The SMILES string of the molecule is COc1cc2nn([C@H]3CC[C@H](C(C)C)CC3)cc2cc1NC(=O)c1cc(F)cc(F)c1. The molecule has 4 rings (SSSR count). The van der Waals surface area contributed by atoms with Crippen molar-refractivity contribution in [2.75, 3.05) is 12.4 Å². The number of aromatic nitrogens is 2. The standard InChI is InChI=1S/C24H27F2N3O2/c1-14(2)15-4-6-20(7-5-15)29-13-17-10-22(23(31-3)12-21(17)28-29)27-24(30)16-8-18(25)11-19(26)9-16/h8-15,20H,4-7H2,1-3H3,(H,27,30)/t15-,20-. The summed E-state index contributed by atoms with van der Waals surface area (Å²) >= 11 is 0. The van der Waals surface area contributed by atoms with Crippen LogP contribution in [0.4, 0.5) is 14.5 Å². The minimum atomic E-state index is -0.805. The number of hydrogen-bond acceptors (Lipinski definition) is 3. The van der Waals surface area contributed by atoms with E-state index < -0.39 is 17.5 Å². The van der Waals surface area contributed by atoms with Crippen LogP contribution in [0.5, 0.6) is 5.75 Å². The Balaban J connectivity index is 1.58. The molecule has 1 aliphatic carbocycles. The molecule has 1 aliphatic rings. The smallest absolute Gasteiger partial charge is 0.255 e. The van der Waals surface area contributed by atoms with Crippen molar-refractivity contribution in [3.05, 3.63) is 53.7 Å². The van der Waals surface area contributed by atoms with E-state index in [2.05, 4.69) is 19.2 Å². The van der Waals surface area contributed by atoms with Crippen molar-refractivity contribution >= 4 is 22.5 Å². The third-order valence-electron chi connectivity index (χ3n) is 6.27. The zero-order chi connectivity index (χ0) is 22.1. The summed E-state index contributed by atoms with van der Waals surface area (Å²) in [6, 6.07) is 6.64. The molecule has 1 heterocycles. The third kappa shape index (κ3) is 4.55. The van der Waals surface area contributed by atoms with E-state index in [0.29, 0.717) is 23.4 Å². The fraction of sp³-hybridized carbons (Fsp3) is 0.417. The topological polar surface area (TPSA) is 56.1 Å². The highest BCUT2D eigenvalue weighted by molar-refractivity contribution is 6.06. The molecule has 1 fully saturated rings. The molecule has 1 aromatic heterocycles. The first kappa shape index (κ1) is 21.3. The van der Waals surface area contributed by atoms with Crippen molar-refractivity contribution in [1.82, 2.24) is 9.78 Å². The van der Waals surface area contributed by atoms with Crippen molar-refractivity contribution in [2.24, 2.45) is 11.8 Å². The minimum Gasteiger partial charge on any atom is -0.494 e. The van der Waals surface area contributed by atoms with Gasteiger partial charge in [-0.3, -0.25) is 9.48 Å². The second-order valence-electron chi connectivity index (χ2n) is 8.65. The predicted octanol–water partition coefficient (Wildman–Crippen LogP) is 5.96. The number of fused-ring (bicyclic) bond motifs is 1. The van der Waals surface area contributed by atoms with Gasteiger partial charge >= 0.3 is 0 Å². The summed E-state index contributed by atoms with van der Waals surface area (Å²) in [4.78, 5) is 12.5. The van der Waals surface area contributed by atoms with Gasteiger partial charge in [-0.05, 0) is 55.7 Å².